The first-order chi connectivity index (χ1) is 4.18. The van der Waals surface area contributed by atoms with E-state index in [1.165, 1.54) is 0 Å². The molecule has 0 spiro atoms. The van der Waals surface area contributed by atoms with Crippen LogP contribution in [0.3, 0.4) is 0 Å². The molecule has 0 heterocycles. The third-order valence-electron chi connectivity index (χ3n) is 1.33. The Balaban J connectivity index is 3.78. The molecule has 0 aromatic carbocycles. The van der Waals surface area contributed by atoms with Crippen LogP contribution >= 0.6 is 5.74 Å². The predicted octanol–water partition coefficient (Wildman–Crippen LogP) is 2.08. The van der Waals surface area contributed by atoms with E-state index in [4.69, 9.17) is 4.52 Å². The summed E-state index contributed by atoms with van der Waals surface area (Å²) in [5, 5.41) is 0. The molecule has 0 amide bonds. The van der Waals surface area contributed by atoms with Crippen LogP contribution < -0.4 is 0 Å². The van der Waals surface area contributed by atoms with Crippen molar-refractivity contribution in [3.05, 3.63) is 0 Å². The maximum atomic E-state index is 5.58. The van der Waals surface area contributed by atoms with Gasteiger partial charge in [0.1, 0.15) is 0 Å². The Kier molecular flexibility index (Phi) is 5.16. The van der Waals surface area contributed by atoms with Gasteiger partial charge in [0.05, 0.1) is 0 Å². The fraction of sp³-hybridized carbons (Fsp3) is 1.00. The molecule has 0 bridgehead atoms. The molecule has 1 nitrogen and oxygen atoms in total. The third kappa shape index (κ3) is 3.57. The Labute approximate surface area is 65.5 Å². The van der Waals surface area contributed by atoms with Gasteiger partial charge in [-0.25, -0.2) is 0 Å². The first-order valence-corrected chi connectivity index (χ1v) is 7.70. The van der Waals surface area contributed by atoms with Gasteiger partial charge in [-0.1, -0.05) is 0 Å². The maximum absolute atomic E-state index is 5.58. The van der Waals surface area contributed by atoms with Gasteiger partial charge < -0.3 is 0 Å². The van der Waals surface area contributed by atoms with Gasteiger partial charge in [-0.3, -0.25) is 0 Å². The quantitative estimate of drug-likeness (QED) is 0.513. The number of hydrogen-bond acceptors (Lipinski definition) is 1. The summed E-state index contributed by atoms with van der Waals surface area (Å²) >= 11 is 3.18. The Morgan fingerprint density at radius 3 is 1.78 bits per heavy atom. The van der Waals surface area contributed by atoms with Gasteiger partial charge in [-0.05, 0) is 0 Å². The summed E-state index contributed by atoms with van der Waals surface area (Å²) in [4.78, 5) is 0. The van der Waals surface area contributed by atoms with Crippen molar-refractivity contribution in [2.45, 2.75) is 20.8 Å². The van der Waals surface area contributed by atoms with Gasteiger partial charge in [0, 0.05) is 0 Å². The van der Waals surface area contributed by atoms with E-state index in [0.717, 1.165) is 18.9 Å². The van der Waals surface area contributed by atoms with Crippen molar-refractivity contribution in [2.24, 2.45) is 0 Å². The van der Waals surface area contributed by atoms with E-state index in [2.05, 4.69) is 35.9 Å². The van der Waals surface area contributed by atoms with Crippen molar-refractivity contribution >= 4 is 20.8 Å². The Morgan fingerprint density at radius 2 is 1.67 bits per heavy atom. The van der Waals surface area contributed by atoms with Gasteiger partial charge in [-0.15, -0.1) is 0 Å². The second-order valence-electron chi connectivity index (χ2n) is 1.86. The molecule has 0 fully saturated rings. The molecule has 56 valence electrons. The van der Waals surface area contributed by atoms with E-state index >= 15 is 0 Å². The number of rotatable bonds is 4. The van der Waals surface area contributed by atoms with E-state index in [9.17, 15) is 0 Å². The predicted molar refractivity (Wildman–Crippen MR) is 45.4 cm³/mol. The fourth-order valence-electron chi connectivity index (χ4n) is 0.641. The molecule has 0 aliphatic heterocycles. The normalized spacial score (nSPS) is 11.9. The van der Waals surface area contributed by atoms with Crippen molar-refractivity contribution in [2.75, 3.05) is 18.9 Å². The van der Waals surface area contributed by atoms with Gasteiger partial charge >= 0.3 is 65.1 Å². The van der Waals surface area contributed by atoms with Crippen molar-refractivity contribution in [3.63, 3.8) is 0 Å². The minimum atomic E-state index is -1.06. The SMILES string of the molecule is CCOP(=[Se])(CC)CC. The molecule has 0 rings (SSSR count). The molecule has 0 atom stereocenters. The van der Waals surface area contributed by atoms with E-state index in [0.29, 0.717) is 0 Å². The molecule has 9 heavy (non-hydrogen) atoms. The monoisotopic (exact) mass is 214 g/mol. The third-order valence-corrected chi connectivity index (χ3v) is 7.90. The summed E-state index contributed by atoms with van der Waals surface area (Å²) in [6, 6.07) is 0. The molecule has 0 aliphatic carbocycles. The van der Waals surface area contributed by atoms with Crippen LogP contribution in [0, 0.1) is 0 Å². The summed E-state index contributed by atoms with van der Waals surface area (Å²) in [5.41, 5.74) is -1.06. The molecule has 0 aromatic heterocycles. The fourth-order valence-corrected chi connectivity index (χ4v) is 2.59. The second kappa shape index (κ2) is 4.68. The summed E-state index contributed by atoms with van der Waals surface area (Å²) in [7, 11) is 0. The van der Waals surface area contributed by atoms with Crippen LogP contribution in [0.1, 0.15) is 20.8 Å². The molecule has 0 radical (unpaired) electrons. The van der Waals surface area contributed by atoms with Crippen molar-refractivity contribution < 1.29 is 4.52 Å². The molecule has 0 saturated heterocycles. The zero-order valence-corrected chi connectivity index (χ0v) is 8.99. The van der Waals surface area contributed by atoms with E-state index < -0.39 is 5.74 Å². The topological polar surface area (TPSA) is 9.23 Å². The van der Waals surface area contributed by atoms with Gasteiger partial charge in [-0.2, -0.15) is 0 Å². The van der Waals surface area contributed by atoms with Crippen molar-refractivity contribution in [1.82, 2.24) is 0 Å². The zero-order chi connectivity index (χ0) is 7.33. The molecule has 0 aromatic rings. The summed E-state index contributed by atoms with van der Waals surface area (Å²) in [6.07, 6.45) is 2.33. The molecule has 0 saturated carbocycles. The van der Waals surface area contributed by atoms with Crippen LogP contribution in [0.2, 0.25) is 0 Å². The van der Waals surface area contributed by atoms with Gasteiger partial charge in [0.2, 0.25) is 0 Å². The van der Waals surface area contributed by atoms with E-state index in [1.54, 1.807) is 0 Å². The Morgan fingerprint density at radius 1 is 1.22 bits per heavy atom. The molecular formula is C6H15OPSe. The summed E-state index contributed by atoms with van der Waals surface area (Å²) in [5.74, 6) is 0. The number of hydrogen-bond donors (Lipinski definition) is 0. The molecule has 0 unspecified atom stereocenters. The summed E-state index contributed by atoms with van der Waals surface area (Å²) < 4.78 is 5.58. The van der Waals surface area contributed by atoms with Crippen molar-refractivity contribution in [1.29, 1.82) is 0 Å². The average Bonchev–Trinajstić information content (AvgIpc) is 1.89. The van der Waals surface area contributed by atoms with E-state index in [1.807, 2.05) is 0 Å². The molecule has 3 heteroatoms. The Bertz CT molecular complexity index is 106. The van der Waals surface area contributed by atoms with Gasteiger partial charge in [0.25, 0.3) is 0 Å². The van der Waals surface area contributed by atoms with Crippen LogP contribution in [-0.2, 0) is 4.52 Å². The van der Waals surface area contributed by atoms with Crippen LogP contribution in [0.5, 0.6) is 0 Å². The molecule has 0 N–H and O–H groups in total. The van der Waals surface area contributed by atoms with Crippen LogP contribution in [0.15, 0.2) is 0 Å². The van der Waals surface area contributed by atoms with Crippen LogP contribution in [-0.4, -0.2) is 34.0 Å². The second-order valence-corrected chi connectivity index (χ2v) is 9.21. The van der Waals surface area contributed by atoms with Gasteiger partial charge in [0.15, 0.2) is 0 Å². The first-order valence-electron chi connectivity index (χ1n) is 3.41. The standard InChI is InChI=1S/C6H15OPSe/c1-4-7-8(9,5-2)6-3/h4-6H2,1-3H3. The Hall–Kier alpha value is 0.909. The van der Waals surface area contributed by atoms with Crippen molar-refractivity contribution in [3.8, 4) is 0 Å². The first kappa shape index (κ1) is 9.91. The minimum absolute atomic E-state index is 0.850. The summed E-state index contributed by atoms with van der Waals surface area (Å²) in [6.45, 7) is 7.27. The average molecular weight is 213 g/mol. The molecular weight excluding hydrogens is 198 g/mol. The van der Waals surface area contributed by atoms with E-state index in [-0.39, 0.29) is 0 Å². The van der Waals surface area contributed by atoms with Crippen LogP contribution in [0.25, 0.3) is 0 Å². The van der Waals surface area contributed by atoms with Crippen LogP contribution in [0.4, 0.5) is 0 Å². The zero-order valence-electron chi connectivity index (χ0n) is 6.39. The molecule has 0 aliphatic rings.